The number of piperidine rings is 2. The zero-order valence-electron chi connectivity index (χ0n) is 33.3. The van der Waals surface area contributed by atoms with Crippen LogP contribution >= 0.6 is 0 Å². The first-order valence-electron chi connectivity index (χ1n) is 19.7. The fourth-order valence-electron chi connectivity index (χ4n) is 6.52. The van der Waals surface area contributed by atoms with Crippen LogP contribution in [-0.4, -0.2) is 87.0 Å². The number of carboxylic acid groups (broad SMARTS) is 2. The molecule has 2 aromatic heterocycles. The Kier molecular flexibility index (Phi) is 14.6. The fourth-order valence-corrected chi connectivity index (χ4v) is 6.52. The predicted molar refractivity (Wildman–Crippen MR) is 216 cm³/mol. The molecule has 2 N–H and O–H groups in total. The van der Waals surface area contributed by atoms with E-state index in [2.05, 4.69) is 9.97 Å². The Hall–Kier alpha value is -6.84. The molecule has 320 valence electrons. The van der Waals surface area contributed by atoms with Crippen LogP contribution < -0.4 is 18.9 Å². The van der Waals surface area contributed by atoms with Gasteiger partial charge in [-0.3, -0.25) is 4.98 Å². The normalized spacial score (nSPS) is 14.6. The van der Waals surface area contributed by atoms with E-state index in [1.165, 1.54) is 23.1 Å². The highest BCUT2D eigenvalue weighted by atomic mass is 19.4. The molecule has 0 aliphatic carbocycles. The summed E-state index contributed by atoms with van der Waals surface area (Å²) in [5.74, 6) is 2.31. The Morgan fingerprint density at radius 3 is 1.90 bits per heavy atom. The van der Waals surface area contributed by atoms with Crippen LogP contribution in [0.15, 0.2) is 109 Å². The van der Waals surface area contributed by atoms with Gasteiger partial charge >= 0.3 is 24.3 Å². The number of carbonyl (C=O) groups is 3. The van der Waals surface area contributed by atoms with E-state index < -0.39 is 29.9 Å². The minimum atomic E-state index is -4.41. The first-order chi connectivity index (χ1) is 29.3. The van der Waals surface area contributed by atoms with Gasteiger partial charge in [-0.05, 0) is 110 Å². The fraction of sp³-hybridized carbons (Fsp3) is 0.311. The van der Waals surface area contributed by atoms with Crippen molar-refractivity contribution in [3.8, 4) is 28.9 Å². The SMILES string of the molecule is Cc1ccc(Oc2ccc(OC3CCN(C(=O)Oc4ccc(Cc5ccc(C(F)(F)F)cn5)cc4)CC3)cc2)nc1.O=C(O)c1ccc(OCC2CCN(C(=O)O)CC2)cc1. The molecule has 2 aliphatic heterocycles. The van der Waals surface area contributed by atoms with Gasteiger partial charge in [0.1, 0.15) is 29.1 Å². The van der Waals surface area contributed by atoms with Crippen LogP contribution in [-0.2, 0) is 12.6 Å². The zero-order chi connectivity index (χ0) is 43.4. The molecular formula is C45H45F3N4O9. The molecule has 0 spiro atoms. The average Bonchev–Trinajstić information content (AvgIpc) is 3.26. The van der Waals surface area contributed by atoms with E-state index in [1.54, 1.807) is 47.5 Å². The molecule has 61 heavy (non-hydrogen) atoms. The number of aromatic nitrogens is 2. The van der Waals surface area contributed by atoms with Crippen molar-refractivity contribution in [3.63, 3.8) is 0 Å². The maximum Gasteiger partial charge on any atom is 0.417 e. The summed E-state index contributed by atoms with van der Waals surface area (Å²) in [5, 5.41) is 17.6. The summed E-state index contributed by atoms with van der Waals surface area (Å²) in [5.41, 5.74) is 1.85. The van der Waals surface area contributed by atoms with Crippen LogP contribution in [0.1, 0.15) is 58.4 Å². The molecule has 0 atom stereocenters. The standard InChI is InChI=1S/C31H28F3N3O4.C14H17NO5/c1-21-2-13-29(36-19-21)40-26-11-9-25(10-12-26)39-28-14-16-37(17-15-28)30(38)41-27-7-3-22(4-8-27)18-24-6-5-23(20-35-24)31(32,33)34;16-13(17)11-1-3-12(4-2-11)20-9-10-5-7-15(8-6-10)14(18)19/h2-13,19-20,28H,14-18H2,1H3;1-4,10H,5-9H2,(H,16,17)(H,18,19). The summed E-state index contributed by atoms with van der Waals surface area (Å²) in [6, 6.07) is 26.6. The molecule has 3 aromatic carbocycles. The van der Waals surface area contributed by atoms with Gasteiger partial charge in [-0.1, -0.05) is 18.2 Å². The highest BCUT2D eigenvalue weighted by molar-refractivity contribution is 5.87. The van der Waals surface area contributed by atoms with Crippen LogP contribution in [0, 0.1) is 12.8 Å². The summed E-state index contributed by atoms with van der Waals surface area (Å²) in [7, 11) is 0. The van der Waals surface area contributed by atoms with Crippen LogP contribution in [0.2, 0.25) is 0 Å². The van der Waals surface area contributed by atoms with Crippen molar-refractivity contribution < 1.29 is 56.7 Å². The Labute approximate surface area is 350 Å². The minimum absolute atomic E-state index is 0.0253. The number of halogens is 3. The number of hydrogen-bond acceptors (Lipinski definition) is 9. The molecule has 7 rings (SSSR count). The van der Waals surface area contributed by atoms with Gasteiger partial charge in [-0.2, -0.15) is 13.2 Å². The lowest BCUT2D eigenvalue weighted by molar-refractivity contribution is -0.137. The van der Waals surface area contributed by atoms with Crippen molar-refractivity contribution in [2.75, 3.05) is 32.8 Å². The number of ether oxygens (including phenoxy) is 4. The van der Waals surface area contributed by atoms with Crippen LogP contribution in [0.25, 0.3) is 0 Å². The first kappa shape index (κ1) is 43.7. The summed E-state index contributed by atoms with van der Waals surface area (Å²) in [6.07, 6.45) is 0.109. The molecule has 2 aliphatic rings. The molecule has 2 fully saturated rings. The third-order valence-corrected chi connectivity index (χ3v) is 10.1. The van der Waals surface area contributed by atoms with Gasteiger partial charge in [-0.15, -0.1) is 0 Å². The maximum atomic E-state index is 12.7. The van der Waals surface area contributed by atoms with E-state index in [1.807, 2.05) is 43.3 Å². The van der Waals surface area contributed by atoms with Gasteiger partial charge < -0.3 is 39.0 Å². The van der Waals surface area contributed by atoms with Crippen LogP contribution in [0.3, 0.4) is 0 Å². The monoisotopic (exact) mass is 842 g/mol. The highest BCUT2D eigenvalue weighted by Gasteiger charge is 2.31. The van der Waals surface area contributed by atoms with Crippen molar-refractivity contribution in [2.45, 2.75) is 51.3 Å². The number of hydrogen-bond donors (Lipinski definition) is 2. The average molecular weight is 843 g/mol. The van der Waals surface area contributed by atoms with Gasteiger partial charge in [-0.25, -0.2) is 19.4 Å². The molecule has 13 nitrogen and oxygen atoms in total. The Morgan fingerprint density at radius 1 is 0.705 bits per heavy atom. The summed E-state index contributed by atoms with van der Waals surface area (Å²) in [4.78, 5) is 45.3. The largest absolute Gasteiger partial charge is 0.493 e. The van der Waals surface area contributed by atoms with Crippen molar-refractivity contribution in [1.82, 2.24) is 19.8 Å². The number of alkyl halides is 3. The van der Waals surface area contributed by atoms with Gasteiger partial charge in [0.05, 0.1) is 17.7 Å². The number of aryl methyl sites for hydroxylation is 1. The molecule has 0 saturated carbocycles. The van der Waals surface area contributed by atoms with Gasteiger partial charge in [0, 0.05) is 69.6 Å². The van der Waals surface area contributed by atoms with E-state index >= 15 is 0 Å². The number of aromatic carboxylic acids is 1. The molecule has 0 unspecified atom stereocenters. The second kappa shape index (κ2) is 20.4. The number of nitrogens with zero attached hydrogens (tertiary/aromatic N) is 4. The number of pyridine rings is 2. The van der Waals surface area contributed by atoms with Gasteiger partial charge in [0.2, 0.25) is 5.88 Å². The molecule has 0 bridgehead atoms. The van der Waals surface area contributed by atoms with Crippen molar-refractivity contribution in [1.29, 1.82) is 0 Å². The minimum Gasteiger partial charge on any atom is -0.493 e. The van der Waals surface area contributed by atoms with E-state index in [9.17, 15) is 27.6 Å². The van der Waals surface area contributed by atoms with E-state index in [0.29, 0.717) is 86.8 Å². The Morgan fingerprint density at radius 2 is 1.33 bits per heavy atom. The molecule has 16 heteroatoms. The number of carboxylic acids is 1. The number of benzene rings is 3. The van der Waals surface area contributed by atoms with Crippen LogP contribution in [0.5, 0.6) is 28.9 Å². The molecule has 2 amide bonds. The summed E-state index contributed by atoms with van der Waals surface area (Å²) >= 11 is 0. The van der Waals surface area contributed by atoms with Crippen molar-refractivity contribution in [3.05, 3.63) is 137 Å². The third kappa shape index (κ3) is 13.3. The van der Waals surface area contributed by atoms with Gasteiger partial charge in [0.15, 0.2) is 0 Å². The lowest BCUT2D eigenvalue weighted by Gasteiger charge is -2.31. The quantitative estimate of drug-likeness (QED) is 0.130. The highest BCUT2D eigenvalue weighted by Crippen LogP contribution is 2.29. The molecule has 2 saturated heterocycles. The van der Waals surface area contributed by atoms with E-state index in [0.717, 1.165) is 42.0 Å². The van der Waals surface area contributed by atoms with E-state index in [-0.39, 0.29) is 11.7 Å². The predicted octanol–water partition coefficient (Wildman–Crippen LogP) is 9.38. The topological polar surface area (TPSA) is 161 Å². The smallest absolute Gasteiger partial charge is 0.417 e. The lowest BCUT2D eigenvalue weighted by Crippen LogP contribution is -2.43. The maximum absolute atomic E-state index is 12.7. The number of amides is 2. The lowest BCUT2D eigenvalue weighted by atomic mass is 9.98. The Balaban J connectivity index is 0.000000260. The molecule has 0 radical (unpaired) electrons. The summed E-state index contributed by atoms with van der Waals surface area (Å²) in [6.45, 7) is 4.58. The van der Waals surface area contributed by atoms with Crippen molar-refractivity contribution in [2.24, 2.45) is 5.92 Å². The third-order valence-electron chi connectivity index (χ3n) is 10.1. The molecular weight excluding hydrogens is 798 g/mol. The van der Waals surface area contributed by atoms with Crippen LogP contribution in [0.4, 0.5) is 22.8 Å². The van der Waals surface area contributed by atoms with Crippen molar-refractivity contribution >= 4 is 18.2 Å². The first-order valence-corrected chi connectivity index (χ1v) is 19.7. The summed E-state index contributed by atoms with van der Waals surface area (Å²) < 4.78 is 61.1. The molecule has 4 heterocycles. The number of carbonyl (C=O) groups excluding carboxylic acids is 1. The number of rotatable bonds is 11. The second-order valence-electron chi connectivity index (χ2n) is 14.6. The van der Waals surface area contributed by atoms with E-state index in [4.69, 9.17) is 29.2 Å². The Bertz CT molecular complexity index is 2190. The second-order valence-corrected chi connectivity index (χ2v) is 14.6. The molecule has 5 aromatic rings. The number of likely N-dealkylation sites (tertiary alicyclic amines) is 2. The van der Waals surface area contributed by atoms with Gasteiger partial charge in [0.25, 0.3) is 0 Å². The zero-order valence-corrected chi connectivity index (χ0v) is 33.3.